The Morgan fingerprint density at radius 2 is 1.83 bits per heavy atom. The van der Waals surface area contributed by atoms with Crippen LogP contribution in [0.5, 0.6) is 0 Å². The summed E-state index contributed by atoms with van der Waals surface area (Å²) in [4.78, 5) is 55.2. The SMILES string of the molecule is CC(C)C(N)C(=O)NC(Cc1c[nH]c2ccccc12)C(=O)NC(C(=O)N1CCCC1C(=O)O)C(C)O. The number of aliphatic hydroxyl groups excluding tert-OH is 1. The fraction of sp³-hybridized carbons (Fsp3) is 0.520. The van der Waals surface area contributed by atoms with E-state index < -0.39 is 54.0 Å². The number of nitrogens with one attached hydrogen (secondary N) is 3. The number of aliphatic carboxylic acids is 1. The fourth-order valence-electron chi connectivity index (χ4n) is 4.41. The summed E-state index contributed by atoms with van der Waals surface area (Å²) < 4.78 is 0. The molecule has 1 aliphatic rings. The maximum absolute atomic E-state index is 13.4. The molecule has 1 aromatic carbocycles. The second-order valence-corrected chi connectivity index (χ2v) is 9.65. The van der Waals surface area contributed by atoms with Crippen LogP contribution in [-0.4, -0.2) is 80.6 Å². The Bertz CT molecular complexity index is 1110. The molecule has 1 aromatic heterocycles. The minimum Gasteiger partial charge on any atom is -0.480 e. The van der Waals surface area contributed by atoms with Crippen molar-refractivity contribution in [2.24, 2.45) is 11.7 Å². The summed E-state index contributed by atoms with van der Waals surface area (Å²) in [6, 6.07) is 3.18. The first-order valence-corrected chi connectivity index (χ1v) is 12.1. The molecule has 1 aliphatic heterocycles. The van der Waals surface area contributed by atoms with E-state index in [2.05, 4.69) is 15.6 Å². The molecule has 0 spiro atoms. The van der Waals surface area contributed by atoms with Gasteiger partial charge in [0.15, 0.2) is 0 Å². The van der Waals surface area contributed by atoms with E-state index >= 15 is 0 Å². The molecular weight excluding hydrogens is 466 g/mol. The zero-order valence-electron chi connectivity index (χ0n) is 20.7. The molecule has 1 fully saturated rings. The number of fused-ring (bicyclic) bond motifs is 1. The topological polar surface area (TPSA) is 178 Å². The highest BCUT2D eigenvalue weighted by Gasteiger charge is 2.40. The van der Waals surface area contributed by atoms with Crippen LogP contribution in [0, 0.1) is 5.92 Å². The Morgan fingerprint density at radius 3 is 2.47 bits per heavy atom. The van der Waals surface area contributed by atoms with Gasteiger partial charge < -0.3 is 36.5 Å². The summed E-state index contributed by atoms with van der Waals surface area (Å²) in [7, 11) is 0. The van der Waals surface area contributed by atoms with E-state index in [0.29, 0.717) is 12.8 Å². The van der Waals surface area contributed by atoms with E-state index in [9.17, 15) is 29.4 Å². The lowest BCUT2D eigenvalue weighted by atomic mass is 10.0. The van der Waals surface area contributed by atoms with E-state index in [1.807, 2.05) is 24.3 Å². The number of aliphatic hydroxyl groups is 1. The summed E-state index contributed by atoms with van der Waals surface area (Å²) in [5.74, 6) is -3.19. The van der Waals surface area contributed by atoms with Crippen molar-refractivity contribution in [3.63, 3.8) is 0 Å². The molecule has 2 heterocycles. The number of benzene rings is 1. The summed E-state index contributed by atoms with van der Waals surface area (Å²) in [6.07, 6.45) is 1.37. The summed E-state index contributed by atoms with van der Waals surface area (Å²) >= 11 is 0. The molecule has 0 bridgehead atoms. The summed E-state index contributed by atoms with van der Waals surface area (Å²) in [5.41, 5.74) is 7.63. The number of H-pyrrole nitrogens is 1. The number of hydrogen-bond donors (Lipinski definition) is 6. The third-order valence-electron chi connectivity index (χ3n) is 6.62. The number of carbonyl (C=O) groups excluding carboxylic acids is 3. The average molecular weight is 502 g/mol. The number of nitrogens with zero attached hydrogens (tertiary/aromatic N) is 1. The molecule has 36 heavy (non-hydrogen) atoms. The number of aromatic nitrogens is 1. The van der Waals surface area contributed by atoms with Crippen molar-refractivity contribution in [1.29, 1.82) is 0 Å². The van der Waals surface area contributed by atoms with Crippen molar-refractivity contribution in [3.8, 4) is 0 Å². The Labute approximate surface area is 209 Å². The van der Waals surface area contributed by atoms with Crippen molar-refractivity contribution in [3.05, 3.63) is 36.0 Å². The molecule has 0 radical (unpaired) electrons. The molecule has 196 valence electrons. The number of hydrogen-bond acceptors (Lipinski definition) is 6. The monoisotopic (exact) mass is 501 g/mol. The number of para-hydroxylation sites is 1. The smallest absolute Gasteiger partial charge is 0.326 e. The van der Waals surface area contributed by atoms with E-state index in [0.717, 1.165) is 16.5 Å². The Balaban J connectivity index is 1.85. The molecule has 5 atom stereocenters. The van der Waals surface area contributed by atoms with Gasteiger partial charge in [0.25, 0.3) is 0 Å². The number of amides is 3. The maximum Gasteiger partial charge on any atom is 0.326 e. The highest BCUT2D eigenvalue weighted by molar-refractivity contribution is 5.95. The summed E-state index contributed by atoms with van der Waals surface area (Å²) in [6.45, 7) is 5.14. The van der Waals surface area contributed by atoms with Crippen LogP contribution in [0.4, 0.5) is 0 Å². The molecule has 1 saturated heterocycles. The number of rotatable bonds is 10. The lowest BCUT2D eigenvalue weighted by Gasteiger charge is -2.30. The van der Waals surface area contributed by atoms with E-state index in [1.54, 1.807) is 20.0 Å². The van der Waals surface area contributed by atoms with Gasteiger partial charge in [0.05, 0.1) is 12.1 Å². The quantitative estimate of drug-likeness (QED) is 0.268. The first kappa shape index (κ1) is 27.2. The highest BCUT2D eigenvalue weighted by Crippen LogP contribution is 2.21. The molecule has 0 saturated carbocycles. The molecule has 2 aromatic rings. The third kappa shape index (κ3) is 6.03. The van der Waals surface area contributed by atoms with Crippen LogP contribution < -0.4 is 16.4 Å². The van der Waals surface area contributed by atoms with Gasteiger partial charge in [0.2, 0.25) is 17.7 Å². The molecule has 3 rings (SSSR count). The number of likely N-dealkylation sites (tertiary alicyclic amines) is 1. The number of aromatic amines is 1. The average Bonchev–Trinajstić information content (AvgIpc) is 3.48. The molecule has 11 heteroatoms. The molecule has 0 aliphatic carbocycles. The van der Waals surface area contributed by atoms with Gasteiger partial charge in [-0.25, -0.2) is 4.79 Å². The lowest BCUT2D eigenvalue weighted by Crippen LogP contribution is -2.60. The predicted molar refractivity (Wildman–Crippen MR) is 133 cm³/mol. The van der Waals surface area contributed by atoms with Crippen molar-refractivity contribution in [1.82, 2.24) is 20.5 Å². The number of carboxylic acids is 1. The minimum absolute atomic E-state index is 0.106. The largest absolute Gasteiger partial charge is 0.480 e. The molecule has 11 nitrogen and oxygen atoms in total. The third-order valence-corrected chi connectivity index (χ3v) is 6.62. The van der Waals surface area contributed by atoms with Crippen molar-refractivity contribution < 1.29 is 29.4 Å². The Morgan fingerprint density at radius 1 is 1.14 bits per heavy atom. The zero-order valence-corrected chi connectivity index (χ0v) is 20.7. The van der Waals surface area contributed by atoms with Gasteiger partial charge >= 0.3 is 5.97 Å². The van der Waals surface area contributed by atoms with E-state index in [4.69, 9.17) is 5.73 Å². The lowest BCUT2D eigenvalue weighted by molar-refractivity contribution is -0.150. The van der Waals surface area contributed by atoms with Crippen molar-refractivity contribution in [2.45, 2.75) is 70.3 Å². The highest BCUT2D eigenvalue weighted by atomic mass is 16.4. The number of carboxylic acid groups (broad SMARTS) is 1. The first-order chi connectivity index (χ1) is 17.0. The molecule has 7 N–H and O–H groups in total. The Kier molecular flexibility index (Phi) is 8.70. The predicted octanol–water partition coefficient (Wildman–Crippen LogP) is 0.120. The molecular formula is C25H35N5O6. The molecule has 3 amide bonds. The van der Waals surface area contributed by atoms with Gasteiger partial charge in [-0.1, -0.05) is 32.0 Å². The van der Waals surface area contributed by atoms with Gasteiger partial charge in [0, 0.05) is 30.1 Å². The van der Waals surface area contributed by atoms with Gasteiger partial charge in [0.1, 0.15) is 18.1 Å². The second kappa shape index (κ2) is 11.5. The van der Waals surface area contributed by atoms with Crippen molar-refractivity contribution in [2.75, 3.05) is 6.54 Å². The van der Waals surface area contributed by atoms with E-state index in [-0.39, 0.29) is 18.9 Å². The van der Waals surface area contributed by atoms with Gasteiger partial charge in [-0.3, -0.25) is 14.4 Å². The van der Waals surface area contributed by atoms with Crippen LogP contribution in [-0.2, 0) is 25.6 Å². The number of nitrogens with two attached hydrogens (primary N) is 1. The van der Waals surface area contributed by atoms with Crippen LogP contribution in [0.3, 0.4) is 0 Å². The number of carbonyl (C=O) groups is 4. The molecule has 5 unspecified atom stereocenters. The van der Waals surface area contributed by atoms with Crippen LogP contribution in [0.2, 0.25) is 0 Å². The Hall–Kier alpha value is -3.44. The summed E-state index contributed by atoms with van der Waals surface area (Å²) in [5, 5.41) is 25.9. The van der Waals surface area contributed by atoms with Crippen molar-refractivity contribution >= 4 is 34.6 Å². The first-order valence-electron chi connectivity index (χ1n) is 12.1. The second-order valence-electron chi connectivity index (χ2n) is 9.65. The fourth-order valence-corrected chi connectivity index (χ4v) is 4.41. The minimum atomic E-state index is -1.38. The van der Waals surface area contributed by atoms with Gasteiger partial charge in [-0.15, -0.1) is 0 Å². The standard InChI is InChI=1S/C25H35N5O6/c1-13(2)20(26)23(33)28-18(11-15-12-27-17-8-5-4-7-16(15)17)22(32)29-21(14(3)31)24(34)30-10-6-9-19(30)25(35)36/h4-5,7-8,12-14,18-21,27,31H,6,9-11,26H2,1-3H3,(H,28,33)(H,29,32)(H,35,36). The zero-order chi connectivity index (χ0) is 26.6. The van der Waals surface area contributed by atoms with E-state index in [1.165, 1.54) is 11.8 Å². The normalized spacial score (nSPS) is 19.1. The van der Waals surface area contributed by atoms with Crippen LogP contribution in [0.15, 0.2) is 30.5 Å². The van der Waals surface area contributed by atoms with Gasteiger partial charge in [-0.2, -0.15) is 0 Å². The van der Waals surface area contributed by atoms with Gasteiger partial charge in [-0.05, 0) is 37.3 Å². The van der Waals surface area contributed by atoms with Crippen LogP contribution in [0.25, 0.3) is 10.9 Å². The van der Waals surface area contributed by atoms with Crippen LogP contribution in [0.1, 0.15) is 39.2 Å². The maximum atomic E-state index is 13.4. The van der Waals surface area contributed by atoms with Crippen LogP contribution >= 0.6 is 0 Å².